The Labute approximate surface area is 237 Å². The standard InChI is InChI=1S/C22H21BClN3O2S.C6H14O.CH4/c1-6-18(29-5)16(8-13(3)24)15-9-14(4)25-11-17(15)21(28)27-22-26-20-19(30-22)7-12(2)10-23-20;1-3-5-7-6-4-2;/h6-11H,3H2,1-2,4-5H3,(H,26,27,28);3-6H2,1-2H3;1H4/b16-8-,18-6+;;. The normalized spacial score (nSPS) is 11.2. The van der Waals surface area contributed by atoms with Crippen LogP contribution in [0.4, 0.5) is 5.13 Å². The molecule has 0 unspecified atom stereocenters. The van der Waals surface area contributed by atoms with Crippen LogP contribution in [0, 0.1) is 13.8 Å². The molecule has 3 heterocycles. The molecule has 3 aromatic rings. The van der Waals surface area contributed by atoms with E-state index in [1.165, 1.54) is 11.3 Å². The van der Waals surface area contributed by atoms with E-state index in [-0.39, 0.29) is 13.3 Å². The zero-order valence-corrected chi connectivity index (χ0v) is 24.1. The second-order valence-electron chi connectivity index (χ2n) is 8.29. The minimum Gasteiger partial charge on any atom is -0.381 e. The topological polar surface area (TPSA) is 73.3 Å². The summed E-state index contributed by atoms with van der Waals surface area (Å²) in [6.45, 7) is 17.5. The summed E-state index contributed by atoms with van der Waals surface area (Å²) in [5.41, 5.74) is 4.43. The van der Waals surface area contributed by atoms with E-state index in [1.807, 2.05) is 45.8 Å². The van der Waals surface area contributed by atoms with Gasteiger partial charge in [-0.05, 0) is 12.8 Å². The van der Waals surface area contributed by atoms with Gasteiger partial charge in [0.1, 0.15) is 0 Å². The van der Waals surface area contributed by atoms with Crippen molar-refractivity contribution in [2.45, 2.75) is 54.9 Å². The number of hydrogen-bond donors (Lipinski definition) is 1. The maximum atomic E-state index is 13.2. The van der Waals surface area contributed by atoms with Crippen LogP contribution in [0.5, 0.6) is 0 Å². The summed E-state index contributed by atoms with van der Waals surface area (Å²) >= 11 is 7.49. The number of rotatable bonds is 10. The number of aromatic nitrogens is 2. The molecule has 0 saturated carbocycles. The van der Waals surface area contributed by atoms with E-state index >= 15 is 0 Å². The number of allylic oxidation sites excluding steroid dienone is 4. The van der Waals surface area contributed by atoms with Gasteiger partial charge in [-0.3, -0.25) is 0 Å². The van der Waals surface area contributed by atoms with Crippen molar-refractivity contribution in [1.82, 2.24) is 9.97 Å². The Bertz CT molecular complexity index is 1280. The minimum absolute atomic E-state index is 0. The number of ether oxygens (including phenoxy) is 2. The molecule has 0 radical (unpaired) electrons. The molecule has 0 bridgehead atoms. The van der Waals surface area contributed by atoms with Crippen molar-refractivity contribution < 1.29 is 14.3 Å². The molecule has 6 nitrogen and oxygen atoms in total. The maximum Gasteiger partial charge on any atom is 0.0463 e. The number of carbonyl (C=O) groups excluding carboxylic acids is 1. The Kier molecular flexibility index (Phi) is 14.8. The molecule has 1 N–H and O–H groups in total. The van der Waals surface area contributed by atoms with Gasteiger partial charge in [0.05, 0.1) is 0 Å². The summed E-state index contributed by atoms with van der Waals surface area (Å²) < 4.78 is 11.6. The van der Waals surface area contributed by atoms with Gasteiger partial charge >= 0.3 is 185 Å². The zero-order valence-electron chi connectivity index (χ0n) is 22.5. The second kappa shape index (κ2) is 16.9. The molecule has 0 aromatic carbocycles. The number of thiazole rings is 1. The van der Waals surface area contributed by atoms with E-state index in [9.17, 15) is 4.79 Å². The first-order valence-electron chi connectivity index (χ1n) is 12.2. The Morgan fingerprint density at radius 3 is 2.47 bits per heavy atom. The third-order valence-corrected chi connectivity index (χ3v) is 6.13. The van der Waals surface area contributed by atoms with Crippen molar-refractivity contribution in [1.29, 1.82) is 0 Å². The first kappa shape index (κ1) is 33.2. The fourth-order valence-corrected chi connectivity index (χ4v) is 4.49. The van der Waals surface area contributed by atoms with Gasteiger partial charge in [0.15, 0.2) is 0 Å². The first-order chi connectivity index (χ1) is 17.7. The van der Waals surface area contributed by atoms with Crippen molar-refractivity contribution in [3.8, 4) is 0 Å². The predicted octanol–water partition coefficient (Wildman–Crippen LogP) is 8.04. The SMILES string of the molecule is C.C=C(Cl)/C=C(\C(=C/C)OC)c1cc(C)ncc1C(=O)Nc1nc2bcc(C)cc2s1.CCCOCCC. The molecule has 0 aliphatic heterocycles. The smallest absolute Gasteiger partial charge is 0.0463 e. The number of carbonyl (C=O) groups is 1. The van der Waals surface area contributed by atoms with Crippen LogP contribution in [-0.4, -0.2) is 43.1 Å². The minimum atomic E-state index is -0.314. The van der Waals surface area contributed by atoms with E-state index in [2.05, 4.69) is 35.7 Å². The monoisotopic (exact) mass is 555 g/mol. The summed E-state index contributed by atoms with van der Waals surface area (Å²) in [5.74, 6) is 2.26. The van der Waals surface area contributed by atoms with Crippen molar-refractivity contribution in [2.75, 3.05) is 25.6 Å². The van der Waals surface area contributed by atoms with Crippen LogP contribution in [0.25, 0.3) is 15.7 Å². The molecule has 1 amide bonds. The van der Waals surface area contributed by atoms with Crippen molar-refractivity contribution in [2.24, 2.45) is 0 Å². The predicted molar refractivity (Wildman–Crippen MR) is 164 cm³/mol. The third kappa shape index (κ3) is 9.82. The number of hydrogen-bond acceptors (Lipinski definition) is 6. The van der Waals surface area contributed by atoms with Gasteiger partial charge in [0.25, 0.3) is 0 Å². The molecule has 9 heteroatoms. The number of amides is 1. The fourth-order valence-electron chi connectivity index (χ4n) is 3.43. The Morgan fingerprint density at radius 1 is 1.21 bits per heavy atom. The Hall–Kier alpha value is -2.81. The number of aryl methyl sites for hydroxylation is 2. The van der Waals surface area contributed by atoms with Crippen molar-refractivity contribution in [3.63, 3.8) is 0 Å². The zero-order chi connectivity index (χ0) is 27.4. The molecular formula is C29H39BClN3O3S. The molecule has 0 spiro atoms. The van der Waals surface area contributed by atoms with Gasteiger partial charge in [0, 0.05) is 13.2 Å². The number of halogens is 1. The Morgan fingerprint density at radius 2 is 1.89 bits per heavy atom. The number of nitrogens with one attached hydrogen (secondary N) is 1. The number of fused-ring (bicyclic) bond motifs is 1. The largest absolute Gasteiger partial charge is 0.381 e. The number of methoxy groups -OCH3 is 1. The molecule has 0 aliphatic carbocycles. The van der Waals surface area contributed by atoms with Gasteiger partial charge in [-0.1, -0.05) is 21.3 Å². The Balaban J connectivity index is 0.000000797. The summed E-state index contributed by atoms with van der Waals surface area (Å²) in [7, 11) is 1.57. The van der Waals surface area contributed by atoms with Gasteiger partial charge in [-0.25, -0.2) is 0 Å². The van der Waals surface area contributed by atoms with Gasteiger partial charge < -0.3 is 4.74 Å². The average molecular weight is 556 g/mol. The molecule has 0 atom stereocenters. The molecule has 3 aromatic heterocycles. The molecule has 0 saturated heterocycles. The van der Waals surface area contributed by atoms with E-state index in [4.69, 9.17) is 21.1 Å². The molecule has 0 fully saturated rings. The molecule has 3 rings (SSSR count). The van der Waals surface area contributed by atoms with Crippen LogP contribution >= 0.6 is 22.9 Å². The molecule has 38 heavy (non-hydrogen) atoms. The summed E-state index contributed by atoms with van der Waals surface area (Å²) in [6, 6.07) is 3.87. The fraction of sp³-hybridized carbons (Fsp3) is 0.379. The quantitative estimate of drug-likeness (QED) is 0.156. The van der Waals surface area contributed by atoms with Gasteiger partial charge in [0.2, 0.25) is 0 Å². The molecule has 204 valence electrons. The van der Waals surface area contributed by atoms with Crippen LogP contribution < -0.4 is 5.32 Å². The summed E-state index contributed by atoms with van der Waals surface area (Å²) in [4.78, 5) is 22.0. The molecular weight excluding hydrogens is 517 g/mol. The molecule has 0 aliphatic rings. The first-order valence-corrected chi connectivity index (χ1v) is 13.4. The van der Waals surface area contributed by atoms with Crippen LogP contribution in [0.1, 0.15) is 68.2 Å². The van der Waals surface area contributed by atoms with Gasteiger partial charge in [-0.2, -0.15) is 0 Å². The van der Waals surface area contributed by atoms with E-state index in [0.717, 1.165) is 47.4 Å². The summed E-state index contributed by atoms with van der Waals surface area (Å²) in [6.07, 6.45) is 7.30. The van der Waals surface area contributed by atoms with E-state index < -0.39 is 0 Å². The van der Waals surface area contributed by atoms with Gasteiger partial charge in [-0.15, -0.1) is 0 Å². The number of pyridine rings is 1. The van der Waals surface area contributed by atoms with Crippen LogP contribution in [0.3, 0.4) is 0 Å². The number of anilines is 1. The van der Waals surface area contributed by atoms with Crippen LogP contribution in [-0.2, 0) is 9.47 Å². The number of nitrogens with zero attached hydrogens (tertiary/aromatic N) is 2. The summed E-state index contributed by atoms with van der Waals surface area (Å²) in [5, 5.41) is 3.74. The third-order valence-electron chi connectivity index (χ3n) is 5.09. The van der Waals surface area contributed by atoms with Crippen LogP contribution in [0.15, 0.2) is 53.8 Å². The van der Waals surface area contributed by atoms with Crippen molar-refractivity contribution >= 4 is 56.6 Å². The average Bonchev–Trinajstić information content (AvgIpc) is 3.25. The second-order valence-corrected chi connectivity index (χ2v) is 9.81. The van der Waals surface area contributed by atoms with E-state index in [1.54, 1.807) is 25.5 Å². The van der Waals surface area contributed by atoms with Crippen LogP contribution in [0.2, 0.25) is 0 Å². The maximum absolute atomic E-state index is 13.2. The van der Waals surface area contributed by atoms with Crippen molar-refractivity contribution in [3.05, 3.63) is 76.2 Å². The van der Waals surface area contributed by atoms with E-state index in [0.29, 0.717) is 32.6 Å².